The molecule has 0 spiro atoms. The minimum absolute atomic E-state index is 0.00895. The number of ether oxygens (including phenoxy) is 1. The Morgan fingerprint density at radius 2 is 1.72 bits per heavy atom. The van der Waals surface area contributed by atoms with Crippen LogP contribution < -0.4 is 10.1 Å². The molecule has 1 atom stereocenters. The number of carbonyl (C=O) groups excluding carboxylic acids is 2. The topological polar surface area (TPSA) is 55.4 Å². The third-order valence-electron chi connectivity index (χ3n) is 4.48. The number of hydrogen-bond acceptors (Lipinski definition) is 3. The smallest absolute Gasteiger partial charge is 0.258 e. The van der Waals surface area contributed by atoms with E-state index in [1.165, 1.54) is 12.5 Å². The summed E-state index contributed by atoms with van der Waals surface area (Å²) in [7, 11) is 0. The first kappa shape index (κ1) is 17.2. The predicted octanol–water partition coefficient (Wildman–Crippen LogP) is 3.84. The largest absolute Gasteiger partial charge is 0.484 e. The van der Waals surface area contributed by atoms with Gasteiger partial charge in [0.25, 0.3) is 5.91 Å². The van der Waals surface area contributed by atoms with Crippen LogP contribution in [0.3, 0.4) is 0 Å². The van der Waals surface area contributed by atoms with E-state index in [2.05, 4.69) is 36.5 Å². The Bertz CT molecular complexity index is 746. The Morgan fingerprint density at radius 3 is 2.28 bits per heavy atom. The van der Waals surface area contributed by atoms with Crippen molar-refractivity contribution in [3.8, 4) is 5.75 Å². The number of nitrogens with one attached hydrogen (secondary N) is 1. The molecule has 1 aliphatic carbocycles. The summed E-state index contributed by atoms with van der Waals surface area (Å²) in [6.45, 7) is 3.54. The molecule has 0 heterocycles. The van der Waals surface area contributed by atoms with Crippen LogP contribution in [-0.2, 0) is 4.79 Å². The van der Waals surface area contributed by atoms with E-state index in [1.54, 1.807) is 24.3 Å². The monoisotopic (exact) mass is 337 g/mol. The van der Waals surface area contributed by atoms with E-state index in [9.17, 15) is 9.59 Å². The molecule has 1 unspecified atom stereocenters. The van der Waals surface area contributed by atoms with Crippen LogP contribution in [0.5, 0.6) is 5.75 Å². The van der Waals surface area contributed by atoms with Crippen LogP contribution in [0.25, 0.3) is 0 Å². The van der Waals surface area contributed by atoms with Gasteiger partial charge in [-0.3, -0.25) is 9.59 Å². The second-order valence-electron chi connectivity index (χ2n) is 6.66. The van der Waals surface area contributed by atoms with E-state index in [0.29, 0.717) is 17.2 Å². The second-order valence-corrected chi connectivity index (χ2v) is 6.66. The normalized spacial score (nSPS) is 14.6. The molecule has 3 rings (SSSR count). The molecule has 1 amide bonds. The maximum absolute atomic E-state index is 12.3. The molecule has 0 radical (unpaired) electrons. The summed E-state index contributed by atoms with van der Waals surface area (Å²) < 4.78 is 5.54. The summed E-state index contributed by atoms with van der Waals surface area (Å²) in [6.07, 6.45) is 2.29. The summed E-state index contributed by atoms with van der Waals surface area (Å²) in [4.78, 5) is 23.5. The minimum Gasteiger partial charge on any atom is -0.484 e. The highest BCUT2D eigenvalue weighted by Crippen LogP contribution is 2.41. The Balaban J connectivity index is 1.57. The van der Waals surface area contributed by atoms with Crippen LogP contribution in [0.4, 0.5) is 0 Å². The van der Waals surface area contributed by atoms with Crippen LogP contribution in [0.1, 0.15) is 47.3 Å². The van der Waals surface area contributed by atoms with Crippen LogP contribution in [-0.4, -0.2) is 18.3 Å². The number of carbonyl (C=O) groups is 2. The molecule has 0 aromatic heterocycles. The Hall–Kier alpha value is -2.62. The minimum atomic E-state index is -0.131. The summed E-state index contributed by atoms with van der Waals surface area (Å²) in [6, 6.07) is 15.2. The van der Waals surface area contributed by atoms with Gasteiger partial charge in [0.15, 0.2) is 12.4 Å². The summed E-state index contributed by atoms with van der Waals surface area (Å²) in [5.41, 5.74) is 2.99. The van der Waals surface area contributed by atoms with Crippen molar-refractivity contribution in [2.75, 3.05) is 6.61 Å². The summed E-state index contributed by atoms with van der Waals surface area (Å²) >= 11 is 0. The van der Waals surface area contributed by atoms with Crippen LogP contribution in [0.15, 0.2) is 48.5 Å². The highest BCUT2D eigenvalue weighted by Gasteiger charge is 2.33. The average Bonchev–Trinajstić information content (AvgIpc) is 3.44. The van der Waals surface area contributed by atoms with Crippen LogP contribution in [0, 0.1) is 12.8 Å². The predicted molar refractivity (Wildman–Crippen MR) is 96.7 cm³/mol. The van der Waals surface area contributed by atoms with Crippen molar-refractivity contribution in [3.05, 3.63) is 65.2 Å². The van der Waals surface area contributed by atoms with E-state index in [1.807, 2.05) is 0 Å². The molecule has 1 saturated carbocycles. The molecule has 4 nitrogen and oxygen atoms in total. The van der Waals surface area contributed by atoms with E-state index in [0.717, 1.165) is 18.4 Å². The van der Waals surface area contributed by atoms with Crippen molar-refractivity contribution >= 4 is 11.7 Å². The average molecular weight is 337 g/mol. The zero-order chi connectivity index (χ0) is 17.8. The quantitative estimate of drug-likeness (QED) is 0.781. The molecule has 0 aliphatic heterocycles. The molecule has 1 aliphatic rings. The second kappa shape index (κ2) is 7.51. The Kier molecular flexibility index (Phi) is 5.17. The van der Waals surface area contributed by atoms with Crippen molar-refractivity contribution in [1.29, 1.82) is 0 Å². The van der Waals surface area contributed by atoms with Gasteiger partial charge in [0.2, 0.25) is 0 Å². The first-order valence-electron chi connectivity index (χ1n) is 8.62. The van der Waals surface area contributed by atoms with Gasteiger partial charge in [-0.15, -0.1) is 0 Å². The Morgan fingerprint density at radius 1 is 1.08 bits per heavy atom. The maximum atomic E-state index is 12.3. The van der Waals surface area contributed by atoms with Crippen molar-refractivity contribution in [3.63, 3.8) is 0 Å². The number of Topliss-reactive ketones (excluding diaryl/α,β-unsaturated/α-hetero) is 1. The number of amides is 1. The number of ketones is 1. The molecule has 0 saturated heterocycles. The maximum Gasteiger partial charge on any atom is 0.258 e. The Labute approximate surface area is 148 Å². The molecule has 4 heteroatoms. The zero-order valence-corrected chi connectivity index (χ0v) is 14.6. The van der Waals surface area contributed by atoms with Gasteiger partial charge in [-0.1, -0.05) is 29.8 Å². The molecule has 1 N–H and O–H groups in total. The molecule has 25 heavy (non-hydrogen) atoms. The van der Waals surface area contributed by atoms with Gasteiger partial charge in [-0.2, -0.15) is 0 Å². The van der Waals surface area contributed by atoms with Gasteiger partial charge in [0, 0.05) is 5.56 Å². The van der Waals surface area contributed by atoms with Crippen molar-refractivity contribution < 1.29 is 14.3 Å². The fourth-order valence-electron chi connectivity index (χ4n) is 2.83. The highest BCUT2D eigenvalue weighted by molar-refractivity contribution is 5.94. The zero-order valence-electron chi connectivity index (χ0n) is 14.6. The van der Waals surface area contributed by atoms with Crippen molar-refractivity contribution in [1.82, 2.24) is 5.32 Å². The molecule has 2 aromatic carbocycles. The number of benzene rings is 2. The van der Waals surface area contributed by atoms with Crippen molar-refractivity contribution in [2.24, 2.45) is 5.92 Å². The third kappa shape index (κ3) is 4.69. The van der Waals surface area contributed by atoms with E-state index in [4.69, 9.17) is 4.74 Å². The van der Waals surface area contributed by atoms with Gasteiger partial charge in [0.05, 0.1) is 6.04 Å². The lowest BCUT2D eigenvalue weighted by atomic mass is 10.0. The number of hydrogen-bond donors (Lipinski definition) is 1. The van der Waals surface area contributed by atoms with Gasteiger partial charge >= 0.3 is 0 Å². The first-order valence-corrected chi connectivity index (χ1v) is 8.62. The van der Waals surface area contributed by atoms with Gasteiger partial charge in [-0.05, 0) is 62.4 Å². The molecular weight excluding hydrogens is 314 g/mol. The summed E-state index contributed by atoms with van der Waals surface area (Å²) in [5, 5.41) is 3.10. The van der Waals surface area contributed by atoms with Crippen molar-refractivity contribution in [2.45, 2.75) is 32.7 Å². The van der Waals surface area contributed by atoms with Gasteiger partial charge < -0.3 is 10.1 Å². The number of aryl methyl sites for hydroxylation is 1. The lowest BCUT2D eigenvalue weighted by Crippen LogP contribution is -2.33. The lowest BCUT2D eigenvalue weighted by molar-refractivity contribution is -0.124. The molecular formula is C21H23NO3. The van der Waals surface area contributed by atoms with E-state index < -0.39 is 0 Å². The highest BCUT2D eigenvalue weighted by atomic mass is 16.5. The molecule has 0 bridgehead atoms. The third-order valence-corrected chi connectivity index (χ3v) is 4.48. The van der Waals surface area contributed by atoms with E-state index in [-0.39, 0.29) is 24.3 Å². The molecule has 2 aromatic rings. The standard InChI is InChI=1S/C21H23NO3/c1-14-3-5-17(6-4-14)21(18-7-8-18)22-20(24)13-25-19-11-9-16(10-12-19)15(2)23/h3-6,9-12,18,21H,7-8,13H2,1-2H3,(H,22,24). The lowest BCUT2D eigenvalue weighted by Gasteiger charge is -2.19. The number of rotatable bonds is 7. The van der Waals surface area contributed by atoms with Crippen LogP contribution >= 0.6 is 0 Å². The SMILES string of the molecule is CC(=O)c1ccc(OCC(=O)NC(c2ccc(C)cc2)C2CC2)cc1. The van der Waals surface area contributed by atoms with Gasteiger partial charge in [0.1, 0.15) is 5.75 Å². The van der Waals surface area contributed by atoms with Crippen LogP contribution in [0.2, 0.25) is 0 Å². The fraction of sp³-hybridized carbons (Fsp3) is 0.333. The first-order chi connectivity index (χ1) is 12.0. The molecule has 130 valence electrons. The summed E-state index contributed by atoms with van der Waals surface area (Å²) in [5.74, 6) is 0.975. The van der Waals surface area contributed by atoms with E-state index >= 15 is 0 Å². The fourth-order valence-corrected chi connectivity index (χ4v) is 2.83. The molecule has 1 fully saturated rings. The van der Waals surface area contributed by atoms with Gasteiger partial charge in [-0.25, -0.2) is 0 Å².